The predicted molar refractivity (Wildman–Crippen MR) is 56.0 cm³/mol. The van der Waals surface area contributed by atoms with Crippen molar-refractivity contribution >= 4 is 28.6 Å². The lowest BCUT2D eigenvalue weighted by Gasteiger charge is -2.07. The summed E-state index contributed by atoms with van der Waals surface area (Å²) < 4.78 is 6.13. The maximum absolute atomic E-state index is 5.15. The molecular weight excluding hydrogens is 238 g/mol. The first-order valence-electron chi connectivity index (χ1n) is 3.56. The molecule has 0 aliphatic carbocycles. The van der Waals surface area contributed by atoms with Gasteiger partial charge in [-0.2, -0.15) is 12.6 Å². The SMILES string of the molecule is COc1cncc(Br)c1CCS. The lowest BCUT2D eigenvalue weighted by molar-refractivity contribution is 0.408. The maximum Gasteiger partial charge on any atom is 0.141 e. The van der Waals surface area contributed by atoms with Crippen molar-refractivity contribution in [3.8, 4) is 5.75 Å². The fourth-order valence-corrected chi connectivity index (χ4v) is 1.71. The topological polar surface area (TPSA) is 22.1 Å². The van der Waals surface area contributed by atoms with Crippen LogP contribution in [0.5, 0.6) is 5.75 Å². The lowest BCUT2D eigenvalue weighted by atomic mass is 10.2. The van der Waals surface area contributed by atoms with E-state index in [1.54, 1.807) is 19.5 Å². The van der Waals surface area contributed by atoms with Crippen molar-refractivity contribution in [2.75, 3.05) is 12.9 Å². The third kappa shape index (κ3) is 2.14. The van der Waals surface area contributed by atoms with Crippen molar-refractivity contribution in [1.82, 2.24) is 4.98 Å². The number of pyridine rings is 1. The molecule has 1 aromatic rings. The molecule has 0 bridgehead atoms. The van der Waals surface area contributed by atoms with Crippen LogP contribution in [0.15, 0.2) is 16.9 Å². The van der Waals surface area contributed by atoms with E-state index in [-0.39, 0.29) is 0 Å². The Balaban J connectivity index is 3.02. The van der Waals surface area contributed by atoms with Crippen LogP contribution in [0.25, 0.3) is 0 Å². The number of thiol groups is 1. The summed E-state index contributed by atoms with van der Waals surface area (Å²) in [5, 5.41) is 0. The Labute approximate surface area is 85.9 Å². The zero-order valence-corrected chi connectivity index (χ0v) is 9.23. The second kappa shape index (κ2) is 4.72. The van der Waals surface area contributed by atoms with Gasteiger partial charge < -0.3 is 4.74 Å². The number of hydrogen-bond donors (Lipinski definition) is 1. The van der Waals surface area contributed by atoms with Crippen molar-refractivity contribution in [2.45, 2.75) is 6.42 Å². The number of rotatable bonds is 3. The molecule has 0 unspecified atom stereocenters. The zero-order chi connectivity index (χ0) is 8.97. The second-order valence-electron chi connectivity index (χ2n) is 2.28. The Hall–Kier alpha value is -0.220. The number of aromatic nitrogens is 1. The Bertz CT molecular complexity index is 267. The molecule has 0 fully saturated rings. The quantitative estimate of drug-likeness (QED) is 0.829. The van der Waals surface area contributed by atoms with Gasteiger partial charge in [0.2, 0.25) is 0 Å². The maximum atomic E-state index is 5.15. The molecule has 0 saturated carbocycles. The molecule has 1 aromatic heterocycles. The van der Waals surface area contributed by atoms with Crippen LogP contribution in [0.4, 0.5) is 0 Å². The van der Waals surface area contributed by atoms with E-state index < -0.39 is 0 Å². The molecule has 0 spiro atoms. The number of hydrogen-bond acceptors (Lipinski definition) is 3. The molecule has 12 heavy (non-hydrogen) atoms. The van der Waals surface area contributed by atoms with Crippen molar-refractivity contribution in [3.05, 3.63) is 22.4 Å². The van der Waals surface area contributed by atoms with Gasteiger partial charge in [-0.1, -0.05) is 0 Å². The van der Waals surface area contributed by atoms with Gasteiger partial charge in [0.05, 0.1) is 13.3 Å². The third-order valence-electron chi connectivity index (χ3n) is 1.55. The van der Waals surface area contributed by atoms with Crippen LogP contribution < -0.4 is 4.74 Å². The van der Waals surface area contributed by atoms with Gasteiger partial charge in [0.1, 0.15) is 5.75 Å². The summed E-state index contributed by atoms with van der Waals surface area (Å²) in [7, 11) is 1.64. The molecule has 4 heteroatoms. The van der Waals surface area contributed by atoms with Crippen LogP contribution in [0.1, 0.15) is 5.56 Å². The smallest absolute Gasteiger partial charge is 0.141 e. The van der Waals surface area contributed by atoms with E-state index in [2.05, 4.69) is 33.5 Å². The van der Waals surface area contributed by atoms with Crippen molar-refractivity contribution in [3.63, 3.8) is 0 Å². The fraction of sp³-hybridized carbons (Fsp3) is 0.375. The highest BCUT2D eigenvalue weighted by molar-refractivity contribution is 9.10. The molecule has 2 nitrogen and oxygen atoms in total. The molecule has 0 N–H and O–H groups in total. The average molecular weight is 248 g/mol. The predicted octanol–water partition coefficient (Wildman–Crippen LogP) is 2.33. The monoisotopic (exact) mass is 247 g/mol. The molecule has 0 radical (unpaired) electrons. The highest BCUT2D eigenvalue weighted by atomic mass is 79.9. The van der Waals surface area contributed by atoms with Gasteiger partial charge >= 0.3 is 0 Å². The highest BCUT2D eigenvalue weighted by Crippen LogP contribution is 2.25. The minimum absolute atomic E-state index is 0.805. The number of nitrogens with zero attached hydrogens (tertiary/aromatic N) is 1. The van der Waals surface area contributed by atoms with E-state index in [9.17, 15) is 0 Å². The van der Waals surface area contributed by atoms with Gasteiger partial charge in [-0.3, -0.25) is 4.98 Å². The number of methoxy groups -OCH3 is 1. The summed E-state index contributed by atoms with van der Waals surface area (Å²) in [5.41, 5.74) is 1.13. The number of ether oxygens (including phenoxy) is 1. The average Bonchev–Trinajstić information content (AvgIpc) is 2.09. The van der Waals surface area contributed by atoms with E-state index in [0.717, 1.165) is 28.0 Å². The van der Waals surface area contributed by atoms with Crippen LogP contribution in [-0.4, -0.2) is 17.8 Å². The van der Waals surface area contributed by atoms with Crippen molar-refractivity contribution < 1.29 is 4.74 Å². The third-order valence-corrected chi connectivity index (χ3v) is 2.45. The van der Waals surface area contributed by atoms with Crippen LogP contribution in [0.2, 0.25) is 0 Å². The first-order valence-corrected chi connectivity index (χ1v) is 4.99. The van der Waals surface area contributed by atoms with Crippen LogP contribution >= 0.6 is 28.6 Å². The van der Waals surface area contributed by atoms with E-state index in [4.69, 9.17) is 4.74 Å². The largest absolute Gasteiger partial charge is 0.495 e. The Morgan fingerprint density at radius 2 is 2.33 bits per heavy atom. The van der Waals surface area contributed by atoms with Crippen LogP contribution in [-0.2, 0) is 6.42 Å². The van der Waals surface area contributed by atoms with Crippen LogP contribution in [0.3, 0.4) is 0 Å². The Morgan fingerprint density at radius 1 is 1.58 bits per heavy atom. The summed E-state index contributed by atoms with van der Waals surface area (Å²) >= 11 is 7.58. The lowest BCUT2D eigenvalue weighted by Crippen LogP contribution is -1.95. The normalized spacial score (nSPS) is 9.92. The van der Waals surface area contributed by atoms with Gasteiger partial charge in [-0.25, -0.2) is 0 Å². The molecular formula is C8H10BrNOS. The summed E-state index contributed by atoms with van der Waals surface area (Å²) in [5.74, 6) is 1.62. The standard InChI is InChI=1S/C8H10BrNOS/c1-11-8-5-10-4-7(9)6(8)2-3-12/h4-5,12H,2-3H2,1H3. The van der Waals surface area contributed by atoms with E-state index in [0.29, 0.717) is 0 Å². The molecule has 0 saturated heterocycles. The van der Waals surface area contributed by atoms with E-state index in [1.165, 1.54) is 0 Å². The minimum Gasteiger partial charge on any atom is -0.495 e. The van der Waals surface area contributed by atoms with Gasteiger partial charge in [0, 0.05) is 16.2 Å². The summed E-state index contributed by atoms with van der Waals surface area (Å²) in [4.78, 5) is 4.00. The minimum atomic E-state index is 0.805. The van der Waals surface area contributed by atoms with Gasteiger partial charge in [0.25, 0.3) is 0 Å². The highest BCUT2D eigenvalue weighted by Gasteiger charge is 2.05. The van der Waals surface area contributed by atoms with Gasteiger partial charge in [-0.05, 0) is 28.1 Å². The zero-order valence-electron chi connectivity index (χ0n) is 6.75. The molecule has 1 rings (SSSR count). The van der Waals surface area contributed by atoms with Crippen LogP contribution in [0, 0.1) is 0 Å². The van der Waals surface area contributed by atoms with E-state index >= 15 is 0 Å². The van der Waals surface area contributed by atoms with Gasteiger partial charge in [-0.15, -0.1) is 0 Å². The van der Waals surface area contributed by atoms with Crippen molar-refractivity contribution in [1.29, 1.82) is 0 Å². The Morgan fingerprint density at radius 3 is 2.92 bits per heavy atom. The first-order chi connectivity index (χ1) is 5.79. The first kappa shape index (κ1) is 9.86. The second-order valence-corrected chi connectivity index (χ2v) is 3.58. The molecule has 0 aromatic carbocycles. The van der Waals surface area contributed by atoms with Gasteiger partial charge in [0.15, 0.2) is 0 Å². The summed E-state index contributed by atoms with van der Waals surface area (Å²) in [6.45, 7) is 0. The summed E-state index contributed by atoms with van der Waals surface area (Å²) in [6.07, 6.45) is 4.36. The molecule has 1 heterocycles. The summed E-state index contributed by atoms with van der Waals surface area (Å²) in [6, 6.07) is 0. The van der Waals surface area contributed by atoms with Crippen molar-refractivity contribution in [2.24, 2.45) is 0 Å². The fourth-order valence-electron chi connectivity index (χ4n) is 0.974. The number of halogens is 1. The molecule has 0 aliphatic heterocycles. The Kier molecular flexibility index (Phi) is 3.88. The molecule has 0 atom stereocenters. The molecule has 0 amide bonds. The molecule has 66 valence electrons. The van der Waals surface area contributed by atoms with E-state index in [1.807, 2.05) is 0 Å². The molecule has 0 aliphatic rings.